The molecule has 10 heteroatoms. The molecule has 2 fully saturated rings. The fraction of sp³-hybridized carbons (Fsp3) is 0.400. The van der Waals surface area contributed by atoms with Crippen LogP contribution in [-0.2, 0) is 4.79 Å². The number of imidazole rings is 1. The molecular weight excluding hydrogens is 452 g/mol. The topological polar surface area (TPSA) is 100 Å². The fourth-order valence-corrected chi connectivity index (χ4v) is 4.67. The van der Waals surface area contributed by atoms with Gasteiger partial charge in [-0.2, -0.15) is 0 Å². The molecule has 8 nitrogen and oxygen atoms in total. The number of piperazine rings is 1. The van der Waals surface area contributed by atoms with Crippen LogP contribution in [0.5, 0.6) is 0 Å². The molecule has 5 rings (SSSR count). The number of pyridine rings is 1. The number of hydrogen-bond donors (Lipinski definition) is 3. The summed E-state index contributed by atoms with van der Waals surface area (Å²) in [5.41, 5.74) is 8.20. The van der Waals surface area contributed by atoms with Gasteiger partial charge in [0.1, 0.15) is 11.7 Å². The number of nitrogens with zero attached hydrogens (tertiary/aromatic N) is 4. The summed E-state index contributed by atoms with van der Waals surface area (Å²) >= 11 is 0. The molecule has 1 saturated heterocycles. The van der Waals surface area contributed by atoms with E-state index in [2.05, 4.69) is 39.4 Å². The van der Waals surface area contributed by atoms with E-state index >= 15 is 4.39 Å². The number of amidine groups is 1. The maximum absolute atomic E-state index is 15.6. The monoisotopic (exact) mass is 481 g/mol. The molecule has 0 spiro atoms. The third-order valence-electron chi connectivity index (χ3n) is 6.32. The SMILES string of the molecule is Cc1cn2cc(N=C(N)c3c(F)cc(N4CC(C)NC(C)C4)cc3NC(=O)C3CC3)cc(F)c2n1. The Morgan fingerprint density at radius 3 is 2.54 bits per heavy atom. The van der Waals surface area contributed by atoms with E-state index in [-0.39, 0.29) is 52.3 Å². The summed E-state index contributed by atoms with van der Waals surface area (Å²) in [6.07, 6.45) is 4.86. The average Bonchev–Trinajstić information content (AvgIpc) is 3.54. The summed E-state index contributed by atoms with van der Waals surface area (Å²) in [5.74, 6) is -1.56. The van der Waals surface area contributed by atoms with Crippen LogP contribution in [-0.4, -0.2) is 46.3 Å². The summed E-state index contributed by atoms with van der Waals surface area (Å²) < 4.78 is 31.6. The van der Waals surface area contributed by atoms with Gasteiger partial charge in [0.25, 0.3) is 0 Å². The highest BCUT2D eigenvalue weighted by Gasteiger charge is 2.31. The standard InChI is InChI=1S/C25H29F2N7O/c1-13-9-33(10-14(2)29-13)18-7-19(26)22(21(8-18)32-25(35)16-4-5-16)23(28)31-17-6-20(27)24-30-15(3)11-34(24)12-17/h6-8,11-14,16,29H,4-5,9-10H2,1-3H3,(H2,28,31)(H,32,35). The second kappa shape index (κ2) is 8.92. The predicted molar refractivity (Wildman–Crippen MR) is 132 cm³/mol. The summed E-state index contributed by atoms with van der Waals surface area (Å²) in [6, 6.07) is 4.82. The van der Waals surface area contributed by atoms with E-state index in [1.807, 2.05) is 0 Å². The Hall–Kier alpha value is -3.53. The smallest absolute Gasteiger partial charge is 0.227 e. The van der Waals surface area contributed by atoms with Gasteiger partial charge in [0.2, 0.25) is 5.91 Å². The van der Waals surface area contributed by atoms with Crippen LogP contribution in [0.15, 0.2) is 35.6 Å². The molecule has 184 valence electrons. The molecule has 2 atom stereocenters. The first-order valence-corrected chi connectivity index (χ1v) is 11.8. The zero-order valence-electron chi connectivity index (χ0n) is 20.0. The number of carbonyl (C=O) groups is 1. The number of rotatable bonds is 5. The Morgan fingerprint density at radius 2 is 1.86 bits per heavy atom. The van der Waals surface area contributed by atoms with Crippen molar-refractivity contribution >= 4 is 34.5 Å². The molecule has 1 aliphatic heterocycles. The van der Waals surface area contributed by atoms with E-state index in [9.17, 15) is 9.18 Å². The molecule has 2 aromatic heterocycles. The lowest BCUT2D eigenvalue weighted by Gasteiger charge is -2.38. The third-order valence-corrected chi connectivity index (χ3v) is 6.32. The number of aliphatic imine (C=N–C) groups is 1. The highest BCUT2D eigenvalue weighted by atomic mass is 19.1. The number of carbonyl (C=O) groups excluding carboxylic acids is 1. The first-order valence-electron chi connectivity index (χ1n) is 11.8. The van der Waals surface area contributed by atoms with Gasteiger partial charge in [-0.15, -0.1) is 0 Å². The van der Waals surface area contributed by atoms with E-state index in [1.54, 1.807) is 25.4 Å². The highest BCUT2D eigenvalue weighted by molar-refractivity contribution is 6.08. The van der Waals surface area contributed by atoms with Gasteiger partial charge < -0.3 is 25.7 Å². The lowest BCUT2D eigenvalue weighted by Crippen LogP contribution is -2.54. The van der Waals surface area contributed by atoms with Crippen LogP contribution in [0.3, 0.4) is 0 Å². The van der Waals surface area contributed by atoms with E-state index in [4.69, 9.17) is 5.73 Å². The average molecular weight is 482 g/mol. The number of fused-ring (bicyclic) bond motifs is 1. The molecule has 0 radical (unpaired) electrons. The summed E-state index contributed by atoms with van der Waals surface area (Å²) in [7, 11) is 0. The van der Waals surface area contributed by atoms with Gasteiger partial charge in [-0.3, -0.25) is 4.79 Å². The van der Waals surface area contributed by atoms with Crippen molar-refractivity contribution in [3.05, 3.63) is 53.5 Å². The number of anilines is 2. The quantitative estimate of drug-likeness (QED) is 0.383. The van der Waals surface area contributed by atoms with Crippen LogP contribution >= 0.6 is 0 Å². The largest absolute Gasteiger partial charge is 0.383 e. The second-order valence-electron chi connectivity index (χ2n) is 9.64. The van der Waals surface area contributed by atoms with Crippen molar-refractivity contribution in [3.63, 3.8) is 0 Å². The number of nitrogens with one attached hydrogen (secondary N) is 2. The lowest BCUT2D eigenvalue weighted by molar-refractivity contribution is -0.117. The number of aryl methyl sites for hydroxylation is 1. The predicted octanol–water partition coefficient (Wildman–Crippen LogP) is 3.49. The number of hydrogen-bond acceptors (Lipinski definition) is 5. The van der Waals surface area contributed by atoms with Crippen molar-refractivity contribution in [2.24, 2.45) is 16.6 Å². The molecule has 35 heavy (non-hydrogen) atoms. The number of benzene rings is 1. The normalized spacial score (nSPS) is 20.9. The first kappa shape index (κ1) is 23.2. The van der Waals surface area contributed by atoms with Gasteiger partial charge in [0, 0.05) is 55.2 Å². The van der Waals surface area contributed by atoms with Crippen molar-refractivity contribution in [2.75, 3.05) is 23.3 Å². The molecule has 2 aliphatic rings. The minimum Gasteiger partial charge on any atom is -0.383 e. The molecule has 1 amide bonds. The van der Waals surface area contributed by atoms with Gasteiger partial charge in [-0.1, -0.05) is 0 Å². The Balaban J connectivity index is 1.55. The number of halogens is 2. The molecule has 3 heterocycles. The molecular formula is C25H29F2N7O. The van der Waals surface area contributed by atoms with Crippen molar-refractivity contribution in [1.29, 1.82) is 0 Å². The Labute approximate surface area is 202 Å². The third kappa shape index (κ3) is 4.84. The van der Waals surface area contributed by atoms with Crippen LogP contribution in [0.1, 0.15) is 37.9 Å². The molecule has 1 saturated carbocycles. The van der Waals surface area contributed by atoms with Gasteiger partial charge in [-0.25, -0.2) is 18.8 Å². The number of aromatic nitrogens is 2. The maximum Gasteiger partial charge on any atom is 0.227 e. The summed E-state index contributed by atoms with van der Waals surface area (Å²) in [6.45, 7) is 7.31. The maximum atomic E-state index is 15.6. The van der Waals surface area contributed by atoms with Crippen LogP contribution in [0.25, 0.3) is 5.65 Å². The van der Waals surface area contributed by atoms with Crippen LogP contribution in [0.4, 0.5) is 25.8 Å². The molecule has 4 N–H and O–H groups in total. The minimum absolute atomic E-state index is 0.0127. The van der Waals surface area contributed by atoms with E-state index in [1.165, 1.54) is 16.5 Å². The summed E-state index contributed by atoms with van der Waals surface area (Å²) in [5, 5.41) is 6.31. The zero-order valence-corrected chi connectivity index (χ0v) is 20.0. The van der Waals surface area contributed by atoms with Gasteiger partial charge in [0.05, 0.1) is 22.6 Å². The Bertz CT molecular complexity index is 1320. The molecule has 1 aliphatic carbocycles. The summed E-state index contributed by atoms with van der Waals surface area (Å²) in [4.78, 5) is 23.1. The van der Waals surface area contributed by atoms with E-state index in [0.717, 1.165) is 12.8 Å². The van der Waals surface area contributed by atoms with Gasteiger partial charge in [-0.05, 0) is 45.7 Å². The van der Waals surface area contributed by atoms with E-state index < -0.39 is 11.6 Å². The van der Waals surface area contributed by atoms with Crippen molar-refractivity contribution in [2.45, 2.75) is 45.7 Å². The number of amides is 1. The van der Waals surface area contributed by atoms with Crippen molar-refractivity contribution < 1.29 is 13.6 Å². The van der Waals surface area contributed by atoms with Gasteiger partial charge >= 0.3 is 0 Å². The Kier molecular flexibility index (Phi) is 5.92. The zero-order chi connectivity index (χ0) is 24.9. The first-order chi connectivity index (χ1) is 16.7. The molecule has 0 bridgehead atoms. The van der Waals surface area contributed by atoms with Crippen molar-refractivity contribution in [3.8, 4) is 0 Å². The molecule has 3 aromatic rings. The van der Waals surface area contributed by atoms with Crippen LogP contribution in [0.2, 0.25) is 0 Å². The number of nitrogens with two attached hydrogens (primary N) is 1. The minimum atomic E-state index is -0.603. The van der Waals surface area contributed by atoms with Crippen molar-refractivity contribution in [1.82, 2.24) is 14.7 Å². The molecule has 1 aromatic carbocycles. The lowest BCUT2D eigenvalue weighted by atomic mass is 10.1. The second-order valence-corrected chi connectivity index (χ2v) is 9.64. The molecule has 2 unspecified atom stereocenters. The highest BCUT2D eigenvalue weighted by Crippen LogP contribution is 2.33. The Morgan fingerprint density at radius 1 is 1.14 bits per heavy atom. The van der Waals surface area contributed by atoms with Gasteiger partial charge in [0.15, 0.2) is 11.5 Å². The van der Waals surface area contributed by atoms with Crippen LogP contribution < -0.4 is 21.3 Å². The fourth-order valence-electron chi connectivity index (χ4n) is 4.67. The van der Waals surface area contributed by atoms with Crippen LogP contribution in [0, 0.1) is 24.5 Å². The van der Waals surface area contributed by atoms with E-state index in [0.29, 0.717) is 24.5 Å².